The molecule has 2 aromatic rings. The van der Waals surface area contributed by atoms with Gasteiger partial charge in [-0.25, -0.2) is 14.9 Å². The van der Waals surface area contributed by atoms with Crippen LogP contribution in [0.2, 0.25) is 0 Å². The van der Waals surface area contributed by atoms with Crippen LogP contribution in [0.4, 0.5) is 16.2 Å². The smallest absolute Gasteiger partial charge is 0.407 e. The molecule has 3 rings (SSSR count). The van der Waals surface area contributed by atoms with Gasteiger partial charge in [-0.2, -0.15) is 0 Å². The number of alkyl carbamates (subject to hydrolysis) is 1. The average molecular weight is 522 g/mol. The molecule has 2 aromatic carbocycles. The summed E-state index contributed by atoms with van der Waals surface area (Å²) in [4.78, 5) is 48.0. The van der Waals surface area contributed by atoms with Crippen molar-refractivity contribution in [3.63, 3.8) is 0 Å². The van der Waals surface area contributed by atoms with Crippen LogP contribution in [0.25, 0.3) is 6.08 Å². The van der Waals surface area contributed by atoms with Crippen molar-refractivity contribution in [1.82, 2.24) is 10.4 Å². The molecule has 1 aliphatic rings. The van der Waals surface area contributed by atoms with E-state index in [1.165, 1.54) is 5.06 Å². The minimum atomic E-state index is -0.606. The number of nitrogens with two attached hydrogens (primary N) is 1. The number of hydrogen-bond donors (Lipinski definition) is 3. The number of rotatable bonds is 9. The second kappa shape index (κ2) is 12.9. The third kappa shape index (κ3) is 8.45. The van der Waals surface area contributed by atoms with E-state index in [9.17, 15) is 14.4 Å². The van der Waals surface area contributed by atoms with Crippen molar-refractivity contribution in [2.75, 3.05) is 25.0 Å². The number of para-hydroxylation sites is 1. The van der Waals surface area contributed by atoms with E-state index in [1.807, 2.05) is 25.1 Å². The minimum absolute atomic E-state index is 0.0817. The molecule has 0 fully saturated rings. The van der Waals surface area contributed by atoms with E-state index in [0.29, 0.717) is 41.0 Å². The molecule has 0 atom stereocenters. The number of carbonyl (C=O) groups excluding carboxylic acids is 3. The zero-order valence-corrected chi connectivity index (χ0v) is 22.2. The maximum absolute atomic E-state index is 13.3. The Hall–Kier alpha value is -4.18. The van der Waals surface area contributed by atoms with Crippen molar-refractivity contribution in [3.8, 4) is 0 Å². The van der Waals surface area contributed by atoms with Crippen molar-refractivity contribution in [3.05, 3.63) is 65.2 Å². The fraction of sp³-hybridized carbons (Fsp3) is 0.357. The first-order valence-electron chi connectivity index (χ1n) is 12.5. The predicted molar refractivity (Wildman–Crippen MR) is 147 cm³/mol. The normalized spacial score (nSPS) is 12.8. The van der Waals surface area contributed by atoms with Crippen molar-refractivity contribution in [1.29, 1.82) is 0 Å². The number of ether oxygens (including phenoxy) is 1. The first-order valence-corrected chi connectivity index (χ1v) is 12.5. The van der Waals surface area contributed by atoms with Crippen molar-refractivity contribution < 1.29 is 24.0 Å². The molecule has 1 heterocycles. The van der Waals surface area contributed by atoms with E-state index in [2.05, 4.69) is 15.6 Å². The minimum Gasteiger partial charge on any atom is -0.444 e. The molecule has 4 N–H and O–H groups in total. The average Bonchev–Trinajstić information content (AvgIpc) is 3.02. The Bertz CT molecular complexity index is 1220. The maximum Gasteiger partial charge on any atom is 0.407 e. The summed E-state index contributed by atoms with van der Waals surface area (Å²) in [5, 5.41) is 6.72. The summed E-state index contributed by atoms with van der Waals surface area (Å²) in [6, 6.07) is 14.2. The van der Waals surface area contributed by atoms with E-state index in [4.69, 9.17) is 15.3 Å². The zero-order valence-electron chi connectivity index (χ0n) is 22.2. The first kappa shape index (κ1) is 28.4. The van der Waals surface area contributed by atoms with Crippen molar-refractivity contribution >= 4 is 41.2 Å². The summed E-state index contributed by atoms with van der Waals surface area (Å²) in [6.45, 7) is 7.86. The summed E-state index contributed by atoms with van der Waals surface area (Å²) in [6.07, 6.45) is 1.95. The largest absolute Gasteiger partial charge is 0.444 e. The van der Waals surface area contributed by atoms with Gasteiger partial charge < -0.3 is 21.1 Å². The lowest BCUT2D eigenvalue weighted by atomic mass is 10.0. The van der Waals surface area contributed by atoms with Crippen LogP contribution in [0, 0.1) is 0 Å². The van der Waals surface area contributed by atoms with Gasteiger partial charge in [0.15, 0.2) is 0 Å². The van der Waals surface area contributed by atoms with Crippen LogP contribution in [0.5, 0.6) is 0 Å². The topological polar surface area (TPSA) is 135 Å². The Morgan fingerprint density at radius 2 is 1.84 bits per heavy atom. The maximum atomic E-state index is 13.3. The molecule has 0 aromatic heterocycles. The Balaban J connectivity index is 1.70. The molecular weight excluding hydrogens is 486 g/mol. The van der Waals surface area contributed by atoms with Crippen LogP contribution >= 0.6 is 0 Å². The van der Waals surface area contributed by atoms with E-state index >= 15 is 0 Å². The van der Waals surface area contributed by atoms with Gasteiger partial charge in [-0.15, -0.1) is 0 Å². The highest BCUT2D eigenvalue weighted by Crippen LogP contribution is 2.29. The number of amides is 3. The van der Waals surface area contributed by atoms with Gasteiger partial charge in [0, 0.05) is 41.9 Å². The molecule has 0 aliphatic carbocycles. The third-order valence-electron chi connectivity index (χ3n) is 5.23. The zero-order chi connectivity index (χ0) is 27.7. The second-order valence-electron chi connectivity index (χ2n) is 9.71. The molecule has 0 saturated heterocycles. The number of anilines is 1. The standard InChI is InChI=1S/C28H35N5O5/c1-5-14-33(37-15-13-30-27(36)38-28(2,3)4)26(35)21-16-19-11-12-20(17-23(19)32-24(29)18-21)25(34)31-22-9-7-6-8-10-22/h6-12,16-17H,5,13-15,18H2,1-4H3,(H2,29,32)(H,30,36)(H,31,34). The van der Waals surface area contributed by atoms with Crippen molar-refractivity contribution in [2.45, 2.75) is 46.1 Å². The second-order valence-corrected chi connectivity index (χ2v) is 9.71. The number of carbonyl (C=O) groups is 3. The van der Waals surface area contributed by atoms with Crippen LogP contribution in [0.3, 0.4) is 0 Å². The number of aliphatic imine (C=N–C) groups is 1. The van der Waals surface area contributed by atoms with Crippen molar-refractivity contribution in [2.24, 2.45) is 10.7 Å². The third-order valence-corrected chi connectivity index (χ3v) is 5.23. The van der Waals surface area contributed by atoms with Gasteiger partial charge >= 0.3 is 6.09 Å². The van der Waals surface area contributed by atoms with E-state index in [0.717, 1.165) is 0 Å². The van der Waals surface area contributed by atoms with Gasteiger partial charge in [-0.05, 0) is 57.5 Å². The van der Waals surface area contributed by atoms with Crippen LogP contribution < -0.4 is 16.4 Å². The van der Waals surface area contributed by atoms with E-state index in [-0.39, 0.29) is 37.2 Å². The number of fused-ring (bicyclic) bond motifs is 1. The molecule has 0 spiro atoms. The van der Waals surface area contributed by atoms with Crippen LogP contribution in [-0.2, 0) is 14.4 Å². The Morgan fingerprint density at radius 1 is 1.11 bits per heavy atom. The van der Waals surface area contributed by atoms with E-state index in [1.54, 1.807) is 57.2 Å². The number of amidine groups is 1. The highest BCUT2D eigenvalue weighted by atomic mass is 16.7. The Kier molecular flexibility index (Phi) is 9.61. The van der Waals surface area contributed by atoms with Crippen LogP contribution in [0.1, 0.15) is 56.5 Å². The number of hydroxylamine groups is 2. The summed E-state index contributed by atoms with van der Waals surface area (Å²) >= 11 is 0. The lowest BCUT2D eigenvalue weighted by molar-refractivity contribution is -0.181. The predicted octanol–water partition coefficient (Wildman–Crippen LogP) is 4.41. The van der Waals surface area contributed by atoms with Gasteiger partial charge in [0.05, 0.1) is 12.3 Å². The highest BCUT2D eigenvalue weighted by Gasteiger charge is 2.23. The summed E-state index contributed by atoms with van der Waals surface area (Å²) < 4.78 is 5.20. The van der Waals surface area contributed by atoms with Crippen LogP contribution in [0.15, 0.2) is 59.1 Å². The first-order chi connectivity index (χ1) is 18.1. The molecule has 0 unspecified atom stereocenters. The molecule has 202 valence electrons. The molecule has 10 nitrogen and oxygen atoms in total. The summed E-state index contributed by atoms with van der Waals surface area (Å²) in [7, 11) is 0. The van der Waals surface area contributed by atoms with E-state index < -0.39 is 11.7 Å². The molecule has 38 heavy (non-hydrogen) atoms. The lowest BCUT2D eigenvalue weighted by Gasteiger charge is -2.23. The molecule has 0 bridgehead atoms. The molecule has 0 radical (unpaired) electrons. The molecule has 3 amide bonds. The lowest BCUT2D eigenvalue weighted by Crippen LogP contribution is -2.38. The fourth-order valence-corrected chi connectivity index (χ4v) is 3.61. The van der Waals surface area contributed by atoms with Gasteiger partial charge in [-0.1, -0.05) is 31.2 Å². The molecular formula is C28H35N5O5. The Labute approximate surface area is 222 Å². The van der Waals surface area contributed by atoms with Gasteiger partial charge in [0.25, 0.3) is 11.8 Å². The summed E-state index contributed by atoms with van der Waals surface area (Å²) in [5.74, 6) is -0.382. The number of nitrogens with one attached hydrogen (secondary N) is 2. The van der Waals surface area contributed by atoms with Crippen LogP contribution in [-0.4, -0.2) is 54.1 Å². The quantitative estimate of drug-likeness (QED) is 0.330. The fourth-order valence-electron chi connectivity index (χ4n) is 3.61. The number of benzene rings is 2. The van der Waals surface area contributed by atoms with Gasteiger partial charge in [-0.3, -0.25) is 14.4 Å². The number of nitrogens with zero attached hydrogens (tertiary/aromatic N) is 2. The molecule has 0 saturated carbocycles. The molecule has 1 aliphatic heterocycles. The van der Waals surface area contributed by atoms with Gasteiger partial charge in [0.1, 0.15) is 11.4 Å². The highest BCUT2D eigenvalue weighted by molar-refractivity contribution is 6.07. The SMILES string of the molecule is CCCN(OCCNC(=O)OC(C)(C)C)C(=O)C1=Cc2ccc(C(=O)Nc3ccccc3)cc2N=C(N)C1. The molecule has 10 heteroatoms. The Morgan fingerprint density at radius 3 is 2.53 bits per heavy atom. The summed E-state index contributed by atoms with van der Waals surface area (Å²) in [5.41, 5.74) is 8.19. The monoisotopic (exact) mass is 521 g/mol. The van der Waals surface area contributed by atoms with Gasteiger partial charge in [0.2, 0.25) is 0 Å². The number of hydrogen-bond acceptors (Lipinski definition) is 7.